The van der Waals surface area contributed by atoms with E-state index in [2.05, 4.69) is 10.6 Å². The Morgan fingerprint density at radius 3 is 2.61 bits per heavy atom. The molecule has 0 radical (unpaired) electrons. The number of anilines is 1. The van der Waals surface area contributed by atoms with Crippen molar-refractivity contribution >= 4 is 17.5 Å². The number of carbonyl (C=O) groups is 2. The molecule has 4 N–H and O–H groups in total. The van der Waals surface area contributed by atoms with Gasteiger partial charge in [0.2, 0.25) is 5.91 Å². The number of amides is 2. The zero-order chi connectivity index (χ0) is 13.7. The van der Waals surface area contributed by atoms with Crippen LogP contribution in [0, 0.1) is 6.92 Å². The van der Waals surface area contributed by atoms with E-state index in [4.69, 9.17) is 5.73 Å². The second kappa shape index (κ2) is 6.05. The summed E-state index contributed by atoms with van der Waals surface area (Å²) in [7, 11) is 0. The summed E-state index contributed by atoms with van der Waals surface area (Å²) in [4.78, 5) is 23.4. The Labute approximate surface area is 107 Å². The van der Waals surface area contributed by atoms with E-state index in [0.29, 0.717) is 17.8 Å². The van der Waals surface area contributed by atoms with E-state index in [-0.39, 0.29) is 11.8 Å². The lowest BCUT2D eigenvalue weighted by molar-refractivity contribution is -0.122. The molecule has 5 heteroatoms. The summed E-state index contributed by atoms with van der Waals surface area (Å²) in [5.41, 5.74) is 7.67. The fourth-order valence-corrected chi connectivity index (χ4v) is 1.45. The monoisotopic (exact) mass is 249 g/mol. The molecule has 0 saturated heterocycles. The van der Waals surface area contributed by atoms with Crippen molar-refractivity contribution in [2.45, 2.75) is 26.8 Å². The molecule has 1 aromatic carbocycles. The minimum atomic E-state index is -0.569. The number of aryl methyl sites for hydroxylation is 1. The molecule has 0 aliphatic rings. The summed E-state index contributed by atoms with van der Waals surface area (Å²) in [5, 5.41) is 5.27. The van der Waals surface area contributed by atoms with Crippen LogP contribution in [-0.4, -0.2) is 24.4 Å². The highest BCUT2D eigenvalue weighted by Gasteiger charge is 2.15. The van der Waals surface area contributed by atoms with Crippen molar-refractivity contribution in [2.24, 2.45) is 0 Å². The largest absolute Gasteiger partial charge is 0.398 e. The van der Waals surface area contributed by atoms with Gasteiger partial charge < -0.3 is 16.4 Å². The SMILES string of the molecule is CCNC(=O)C(C)NC(=O)c1ccc(C)c(N)c1. The molecule has 0 aliphatic carbocycles. The molecule has 1 atom stereocenters. The number of carbonyl (C=O) groups excluding carboxylic acids is 2. The van der Waals surface area contributed by atoms with Crippen LogP contribution < -0.4 is 16.4 Å². The van der Waals surface area contributed by atoms with Crippen molar-refractivity contribution in [3.63, 3.8) is 0 Å². The van der Waals surface area contributed by atoms with E-state index in [1.54, 1.807) is 25.1 Å². The maximum atomic E-state index is 11.9. The van der Waals surface area contributed by atoms with Gasteiger partial charge in [-0.15, -0.1) is 0 Å². The van der Waals surface area contributed by atoms with Crippen molar-refractivity contribution in [1.29, 1.82) is 0 Å². The van der Waals surface area contributed by atoms with Crippen molar-refractivity contribution < 1.29 is 9.59 Å². The van der Waals surface area contributed by atoms with Crippen molar-refractivity contribution in [3.8, 4) is 0 Å². The molecule has 1 aromatic rings. The lowest BCUT2D eigenvalue weighted by Crippen LogP contribution is -2.44. The summed E-state index contributed by atoms with van der Waals surface area (Å²) in [6, 6.07) is 4.50. The number of nitrogens with two attached hydrogens (primary N) is 1. The van der Waals surface area contributed by atoms with Gasteiger partial charge in [-0.2, -0.15) is 0 Å². The van der Waals surface area contributed by atoms with E-state index < -0.39 is 6.04 Å². The Kier molecular flexibility index (Phi) is 4.71. The average Bonchev–Trinajstić information content (AvgIpc) is 2.32. The molecule has 0 fully saturated rings. The number of nitrogen functional groups attached to an aromatic ring is 1. The highest BCUT2D eigenvalue weighted by molar-refractivity contribution is 5.98. The van der Waals surface area contributed by atoms with Crippen LogP contribution in [0.3, 0.4) is 0 Å². The van der Waals surface area contributed by atoms with Crippen LogP contribution in [0.5, 0.6) is 0 Å². The third kappa shape index (κ3) is 3.48. The molecular formula is C13H19N3O2. The second-order valence-electron chi connectivity index (χ2n) is 4.16. The number of nitrogens with one attached hydrogen (secondary N) is 2. The molecule has 0 saturated carbocycles. The quantitative estimate of drug-likeness (QED) is 0.691. The maximum Gasteiger partial charge on any atom is 0.251 e. The molecule has 0 spiro atoms. The van der Waals surface area contributed by atoms with Gasteiger partial charge in [-0.3, -0.25) is 9.59 Å². The predicted molar refractivity (Wildman–Crippen MR) is 71.2 cm³/mol. The van der Waals surface area contributed by atoms with Gasteiger partial charge in [0.05, 0.1) is 0 Å². The van der Waals surface area contributed by atoms with Crippen LogP contribution in [0.4, 0.5) is 5.69 Å². The lowest BCUT2D eigenvalue weighted by atomic mass is 10.1. The number of hydrogen-bond donors (Lipinski definition) is 3. The normalized spacial score (nSPS) is 11.7. The Balaban J connectivity index is 2.70. The fourth-order valence-electron chi connectivity index (χ4n) is 1.45. The van der Waals surface area contributed by atoms with Crippen molar-refractivity contribution in [3.05, 3.63) is 29.3 Å². The third-order valence-electron chi connectivity index (χ3n) is 2.63. The number of benzene rings is 1. The van der Waals surface area contributed by atoms with Gasteiger partial charge in [0, 0.05) is 17.8 Å². The topological polar surface area (TPSA) is 84.2 Å². The number of rotatable bonds is 4. The lowest BCUT2D eigenvalue weighted by Gasteiger charge is -2.13. The molecule has 0 heterocycles. The Bertz CT molecular complexity index is 458. The van der Waals surface area contributed by atoms with Gasteiger partial charge >= 0.3 is 0 Å². The Morgan fingerprint density at radius 2 is 2.06 bits per heavy atom. The van der Waals surface area contributed by atoms with Crippen LogP contribution in [0.15, 0.2) is 18.2 Å². The van der Waals surface area contributed by atoms with Crippen LogP contribution in [0.2, 0.25) is 0 Å². The summed E-state index contributed by atoms with van der Waals surface area (Å²) in [6.07, 6.45) is 0. The first kappa shape index (κ1) is 14.0. The summed E-state index contributed by atoms with van der Waals surface area (Å²) in [6.45, 7) is 5.87. The van der Waals surface area contributed by atoms with Crippen molar-refractivity contribution in [1.82, 2.24) is 10.6 Å². The zero-order valence-corrected chi connectivity index (χ0v) is 10.9. The van der Waals surface area contributed by atoms with E-state index in [0.717, 1.165) is 5.56 Å². The molecular weight excluding hydrogens is 230 g/mol. The third-order valence-corrected chi connectivity index (χ3v) is 2.63. The summed E-state index contributed by atoms with van der Waals surface area (Å²) < 4.78 is 0. The first-order valence-corrected chi connectivity index (χ1v) is 5.90. The Morgan fingerprint density at radius 1 is 1.39 bits per heavy atom. The van der Waals surface area contributed by atoms with Gasteiger partial charge in [-0.1, -0.05) is 6.07 Å². The molecule has 1 rings (SSSR count). The highest BCUT2D eigenvalue weighted by atomic mass is 16.2. The van der Waals surface area contributed by atoms with Crippen molar-refractivity contribution in [2.75, 3.05) is 12.3 Å². The van der Waals surface area contributed by atoms with Gasteiger partial charge in [-0.25, -0.2) is 0 Å². The number of likely N-dealkylation sites (N-methyl/N-ethyl adjacent to an activating group) is 1. The van der Waals surface area contributed by atoms with E-state index in [1.807, 2.05) is 13.8 Å². The minimum Gasteiger partial charge on any atom is -0.398 e. The first-order valence-electron chi connectivity index (χ1n) is 5.90. The van der Waals surface area contributed by atoms with Crippen LogP contribution in [0.1, 0.15) is 29.8 Å². The Hall–Kier alpha value is -2.04. The second-order valence-corrected chi connectivity index (χ2v) is 4.16. The molecule has 0 aliphatic heterocycles. The zero-order valence-electron chi connectivity index (χ0n) is 10.9. The first-order chi connectivity index (χ1) is 8.45. The molecule has 0 aromatic heterocycles. The molecule has 2 amide bonds. The summed E-state index contributed by atoms with van der Waals surface area (Å²) >= 11 is 0. The average molecular weight is 249 g/mol. The standard InChI is InChI=1S/C13H19N3O2/c1-4-15-12(17)9(3)16-13(18)10-6-5-8(2)11(14)7-10/h5-7,9H,4,14H2,1-3H3,(H,15,17)(H,16,18). The van der Waals surface area contributed by atoms with Gasteiger partial charge in [-0.05, 0) is 38.5 Å². The molecule has 1 unspecified atom stereocenters. The fraction of sp³-hybridized carbons (Fsp3) is 0.385. The van der Waals surface area contributed by atoms with Crippen LogP contribution in [-0.2, 0) is 4.79 Å². The van der Waals surface area contributed by atoms with Gasteiger partial charge in [0.25, 0.3) is 5.91 Å². The molecule has 5 nitrogen and oxygen atoms in total. The molecule has 98 valence electrons. The predicted octanol–water partition coefficient (Wildman–Crippen LogP) is 0.832. The van der Waals surface area contributed by atoms with Crippen LogP contribution >= 0.6 is 0 Å². The summed E-state index contributed by atoms with van der Waals surface area (Å²) in [5.74, 6) is -0.508. The minimum absolute atomic E-state index is 0.203. The van der Waals surface area contributed by atoms with Crippen LogP contribution in [0.25, 0.3) is 0 Å². The molecule has 18 heavy (non-hydrogen) atoms. The van der Waals surface area contributed by atoms with E-state index >= 15 is 0 Å². The van der Waals surface area contributed by atoms with Gasteiger partial charge in [0.1, 0.15) is 6.04 Å². The highest BCUT2D eigenvalue weighted by Crippen LogP contribution is 2.12. The number of hydrogen-bond acceptors (Lipinski definition) is 3. The van der Waals surface area contributed by atoms with E-state index in [1.165, 1.54) is 0 Å². The maximum absolute atomic E-state index is 11.9. The van der Waals surface area contributed by atoms with E-state index in [9.17, 15) is 9.59 Å². The van der Waals surface area contributed by atoms with Gasteiger partial charge in [0.15, 0.2) is 0 Å². The molecule has 0 bridgehead atoms. The smallest absolute Gasteiger partial charge is 0.251 e.